The highest BCUT2D eigenvalue weighted by molar-refractivity contribution is 6.04. The molecule has 0 aliphatic heterocycles. The zero-order valence-corrected chi connectivity index (χ0v) is 14.7. The van der Waals surface area contributed by atoms with Gasteiger partial charge in [-0.3, -0.25) is 14.4 Å². The summed E-state index contributed by atoms with van der Waals surface area (Å²) in [5.74, 6) is -0.954. The van der Waals surface area contributed by atoms with Crippen molar-refractivity contribution in [3.8, 4) is 5.69 Å². The fraction of sp³-hybridized carbons (Fsp3) is 0.158. The average Bonchev–Trinajstić information content (AvgIpc) is 3.20. The third-order valence-electron chi connectivity index (χ3n) is 3.75. The smallest absolute Gasteiger partial charge is 0.326 e. The summed E-state index contributed by atoms with van der Waals surface area (Å²) in [6.45, 7) is 1.70. The maximum Gasteiger partial charge on any atom is 0.326 e. The van der Waals surface area contributed by atoms with Crippen LogP contribution in [0.4, 0.5) is 5.69 Å². The van der Waals surface area contributed by atoms with Crippen molar-refractivity contribution in [3.05, 3.63) is 77.0 Å². The lowest BCUT2D eigenvalue weighted by molar-refractivity contribution is -0.143. The second-order valence-electron chi connectivity index (χ2n) is 5.62. The van der Waals surface area contributed by atoms with Gasteiger partial charge >= 0.3 is 5.97 Å². The van der Waals surface area contributed by atoms with Gasteiger partial charge in [0.25, 0.3) is 11.5 Å². The molecule has 0 bridgehead atoms. The molecule has 0 radical (unpaired) electrons. The van der Waals surface area contributed by atoms with E-state index < -0.39 is 17.4 Å². The molecular formula is C19H18N4O4. The maximum atomic E-state index is 12.5. The Morgan fingerprint density at radius 1 is 1.15 bits per heavy atom. The summed E-state index contributed by atoms with van der Waals surface area (Å²) in [7, 11) is 0. The number of rotatable bonds is 6. The highest BCUT2D eigenvalue weighted by atomic mass is 16.5. The Morgan fingerprint density at radius 2 is 2.00 bits per heavy atom. The topological polar surface area (TPSA) is 95.2 Å². The molecule has 138 valence electrons. The second-order valence-corrected chi connectivity index (χ2v) is 5.62. The number of ether oxygens (including phenoxy) is 1. The molecule has 0 fully saturated rings. The van der Waals surface area contributed by atoms with Crippen LogP contribution in [0.2, 0.25) is 0 Å². The van der Waals surface area contributed by atoms with E-state index in [2.05, 4.69) is 10.4 Å². The van der Waals surface area contributed by atoms with Crippen LogP contribution in [-0.4, -0.2) is 32.8 Å². The molecule has 1 amide bonds. The first-order valence-corrected chi connectivity index (χ1v) is 8.35. The van der Waals surface area contributed by atoms with E-state index in [9.17, 15) is 14.4 Å². The molecule has 0 saturated heterocycles. The SMILES string of the molecule is CCOC(=O)Cn1cccc(NC(=O)c2cccc(-n3cccn3)c2)c1=O. The van der Waals surface area contributed by atoms with E-state index in [0.717, 1.165) is 5.69 Å². The van der Waals surface area contributed by atoms with Crippen molar-refractivity contribution in [2.75, 3.05) is 11.9 Å². The van der Waals surface area contributed by atoms with Crippen molar-refractivity contribution in [1.29, 1.82) is 0 Å². The highest BCUT2D eigenvalue weighted by Gasteiger charge is 2.12. The molecule has 0 saturated carbocycles. The number of esters is 1. The van der Waals surface area contributed by atoms with Gasteiger partial charge in [-0.15, -0.1) is 0 Å². The normalized spacial score (nSPS) is 10.4. The number of pyridine rings is 1. The second kappa shape index (κ2) is 8.13. The van der Waals surface area contributed by atoms with E-state index in [1.54, 1.807) is 54.3 Å². The molecule has 3 rings (SSSR count). The molecule has 0 aliphatic rings. The summed E-state index contributed by atoms with van der Waals surface area (Å²) >= 11 is 0. The van der Waals surface area contributed by atoms with Crippen LogP contribution in [-0.2, 0) is 16.1 Å². The van der Waals surface area contributed by atoms with Crippen molar-refractivity contribution in [3.63, 3.8) is 0 Å². The van der Waals surface area contributed by atoms with Gasteiger partial charge in [0.15, 0.2) is 0 Å². The van der Waals surface area contributed by atoms with Gasteiger partial charge in [-0.05, 0) is 43.3 Å². The standard InChI is InChI=1S/C19H18N4O4/c1-2-27-17(24)13-22-10-4-8-16(19(22)26)21-18(25)14-6-3-7-15(12-14)23-11-5-9-20-23/h3-12H,2,13H2,1H3,(H,21,25). The number of amides is 1. The highest BCUT2D eigenvalue weighted by Crippen LogP contribution is 2.11. The quantitative estimate of drug-likeness (QED) is 0.672. The summed E-state index contributed by atoms with van der Waals surface area (Å²) in [6, 6.07) is 11.7. The van der Waals surface area contributed by atoms with E-state index in [-0.39, 0.29) is 18.8 Å². The predicted molar refractivity (Wildman–Crippen MR) is 98.9 cm³/mol. The number of hydrogen-bond acceptors (Lipinski definition) is 5. The Bertz CT molecular complexity index is 1010. The number of nitrogens with one attached hydrogen (secondary N) is 1. The zero-order chi connectivity index (χ0) is 19.2. The first-order chi connectivity index (χ1) is 13.1. The van der Waals surface area contributed by atoms with Gasteiger partial charge in [-0.2, -0.15) is 5.10 Å². The monoisotopic (exact) mass is 366 g/mol. The number of carbonyl (C=O) groups excluding carboxylic acids is 2. The Hall–Kier alpha value is -3.68. The first-order valence-electron chi connectivity index (χ1n) is 8.35. The largest absolute Gasteiger partial charge is 0.465 e. The van der Waals surface area contributed by atoms with Crippen LogP contribution in [0.1, 0.15) is 17.3 Å². The number of nitrogens with zero attached hydrogens (tertiary/aromatic N) is 3. The molecule has 0 aliphatic carbocycles. The van der Waals surface area contributed by atoms with Gasteiger partial charge < -0.3 is 14.6 Å². The fourth-order valence-electron chi connectivity index (χ4n) is 2.51. The van der Waals surface area contributed by atoms with Gasteiger partial charge in [0.2, 0.25) is 0 Å². The number of hydrogen-bond donors (Lipinski definition) is 1. The van der Waals surface area contributed by atoms with Crippen molar-refractivity contribution in [2.45, 2.75) is 13.5 Å². The molecule has 8 nitrogen and oxygen atoms in total. The van der Waals surface area contributed by atoms with Crippen LogP contribution in [0.3, 0.4) is 0 Å². The van der Waals surface area contributed by atoms with Gasteiger partial charge in [-0.25, -0.2) is 4.68 Å². The van der Waals surface area contributed by atoms with Crippen molar-refractivity contribution < 1.29 is 14.3 Å². The molecule has 3 aromatic rings. The Balaban J connectivity index is 1.79. The van der Waals surface area contributed by atoms with E-state index in [1.165, 1.54) is 16.8 Å². The van der Waals surface area contributed by atoms with Gasteiger partial charge in [0, 0.05) is 24.2 Å². The summed E-state index contributed by atoms with van der Waals surface area (Å²) < 4.78 is 7.66. The van der Waals surface area contributed by atoms with Crippen LogP contribution in [0.5, 0.6) is 0 Å². The maximum absolute atomic E-state index is 12.5. The third kappa shape index (κ3) is 4.30. The number of aromatic nitrogens is 3. The molecule has 27 heavy (non-hydrogen) atoms. The molecule has 8 heteroatoms. The summed E-state index contributed by atoms with van der Waals surface area (Å²) in [6.07, 6.45) is 4.87. The summed E-state index contributed by atoms with van der Waals surface area (Å²) in [4.78, 5) is 36.6. The fourth-order valence-corrected chi connectivity index (χ4v) is 2.51. The predicted octanol–water partition coefficient (Wildman–Crippen LogP) is 1.85. The lowest BCUT2D eigenvalue weighted by Crippen LogP contribution is -2.28. The molecule has 0 spiro atoms. The summed E-state index contributed by atoms with van der Waals surface area (Å²) in [5, 5.41) is 6.72. The summed E-state index contributed by atoms with van der Waals surface area (Å²) in [5.41, 5.74) is 0.696. The van der Waals surface area contributed by atoms with E-state index in [4.69, 9.17) is 4.74 Å². The van der Waals surface area contributed by atoms with Crippen molar-refractivity contribution in [1.82, 2.24) is 14.3 Å². The van der Waals surface area contributed by atoms with Gasteiger partial charge in [0.05, 0.1) is 12.3 Å². The zero-order valence-electron chi connectivity index (χ0n) is 14.7. The molecule has 1 N–H and O–H groups in total. The third-order valence-corrected chi connectivity index (χ3v) is 3.75. The Labute approximate surface area is 155 Å². The average molecular weight is 366 g/mol. The van der Waals surface area contributed by atoms with Crippen LogP contribution in [0.15, 0.2) is 65.8 Å². The Morgan fingerprint density at radius 3 is 2.74 bits per heavy atom. The lowest BCUT2D eigenvalue weighted by Gasteiger charge is -2.09. The molecule has 2 aromatic heterocycles. The minimum Gasteiger partial charge on any atom is -0.465 e. The first kappa shape index (κ1) is 18.1. The van der Waals surface area contributed by atoms with Gasteiger partial charge in [0.1, 0.15) is 12.2 Å². The van der Waals surface area contributed by atoms with E-state index in [1.807, 2.05) is 6.07 Å². The molecule has 0 unspecified atom stereocenters. The van der Waals surface area contributed by atoms with Crippen molar-refractivity contribution in [2.24, 2.45) is 0 Å². The van der Waals surface area contributed by atoms with E-state index >= 15 is 0 Å². The minimum atomic E-state index is -0.519. The Kier molecular flexibility index (Phi) is 5.46. The molecule has 1 aromatic carbocycles. The number of carbonyl (C=O) groups is 2. The number of benzene rings is 1. The van der Waals surface area contributed by atoms with Gasteiger partial charge in [-0.1, -0.05) is 6.07 Å². The van der Waals surface area contributed by atoms with Crippen LogP contribution in [0, 0.1) is 0 Å². The molecule has 0 atom stereocenters. The molecule has 2 heterocycles. The van der Waals surface area contributed by atoms with Crippen molar-refractivity contribution >= 4 is 17.6 Å². The number of anilines is 1. The van der Waals surface area contributed by atoms with Crippen LogP contribution in [0.25, 0.3) is 5.69 Å². The minimum absolute atomic E-state index is 0.0799. The van der Waals surface area contributed by atoms with Crippen LogP contribution < -0.4 is 10.9 Å². The van der Waals surface area contributed by atoms with E-state index in [0.29, 0.717) is 5.56 Å². The molecular weight excluding hydrogens is 348 g/mol. The lowest BCUT2D eigenvalue weighted by atomic mass is 10.2. The van der Waals surface area contributed by atoms with Crippen LogP contribution >= 0.6 is 0 Å².